The van der Waals surface area contributed by atoms with Crippen LogP contribution in [0.25, 0.3) is 5.76 Å². The molecule has 3 aromatic rings. The third kappa shape index (κ3) is 4.34. The first kappa shape index (κ1) is 22.9. The van der Waals surface area contributed by atoms with E-state index in [0.29, 0.717) is 30.4 Å². The Labute approximate surface area is 200 Å². The van der Waals surface area contributed by atoms with Crippen LogP contribution in [-0.4, -0.2) is 30.0 Å². The summed E-state index contributed by atoms with van der Waals surface area (Å²) in [7, 11) is 0. The Bertz CT molecular complexity index is 1220. The van der Waals surface area contributed by atoms with Crippen molar-refractivity contribution in [1.82, 2.24) is 0 Å². The molecule has 1 fully saturated rings. The Hall–Kier alpha value is -3.29. The van der Waals surface area contributed by atoms with Gasteiger partial charge < -0.3 is 14.6 Å². The minimum Gasteiger partial charge on any atom is -0.507 e. The second-order valence-corrected chi connectivity index (χ2v) is 8.58. The second kappa shape index (κ2) is 9.68. The molecule has 33 heavy (non-hydrogen) atoms. The van der Waals surface area contributed by atoms with Crippen molar-refractivity contribution in [2.45, 2.75) is 19.9 Å². The fraction of sp³-hybridized carbons (Fsp3) is 0.200. The van der Waals surface area contributed by atoms with Gasteiger partial charge in [-0.1, -0.05) is 23.7 Å². The zero-order valence-corrected chi connectivity index (χ0v) is 19.7. The lowest BCUT2D eigenvalue weighted by Crippen LogP contribution is -2.29. The largest absolute Gasteiger partial charge is 0.507 e. The van der Waals surface area contributed by atoms with E-state index in [-0.39, 0.29) is 21.9 Å². The molecule has 2 heterocycles. The van der Waals surface area contributed by atoms with Crippen LogP contribution in [0.2, 0.25) is 5.02 Å². The first-order valence-electron chi connectivity index (χ1n) is 10.5. The van der Waals surface area contributed by atoms with Crippen molar-refractivity contribution in [1.29, 1.82) is 0 Å². The normalized spacial score (nSPS) is 17.4. The van der Waals surface area contributed by atoms with Crippen LogP contribution in [0.15, 0.2) is 65.6 Å². The highest BCUT2D eigenvalue weighted by Crippen LogP contribution is 2.45. The van der Waals surface area contributed by atoms with Gasteiger partial charge in [-0.2, -0.15) is 0 Å². The third-order valence-electron chi connectivity index (χ3n) is 5.17. The van der Waals surface area contributed by atoms with E-state index < -0.39 is 17.7 Å². The Morgan fingerprint density at radius 3 is 2.42 bits per heavy atom. The lowest BCUT2D eigenvalue weighted by molar-refractivity contribution is -0.132. The minimum atomic E-state index is -0.811. The number of aliphatic hydroxyl groups excluding tert-OH is 1. The third-order valence-corrected chi connectivity index (χ3v) is 6.42. The van der Waals surface area contributed by atoms with E-state index in [9.17, 15) is 14.7 Å². The molecular weight excluding hydrogens is 462 g/mol. The van der Waals surface area contributed by atoms with Gasteiger partial charge in [-0.05, 0) is 55.6 Å². The number of hydrogen-bond donors (Lipinski definition) is 1. The molecule has 1 unspecified atom stereocenters. The zero-order valence-electron chi connectivity index (χ0n) is 18.1. The number of aliphatic hydroxyl groups is 1. The smallest absolute Gasteiger partial charge is 0.300 e. The van der Waals surface area contributed by atoms with E-state index >= 15 is 0 Å². The van der Waals surface area contributed by atoms with Crippen molar-refractivity contribution in [3.8, 4) is 11.5 Å². The number of ketones is 1. The lowest BCUT2D eigenvalue weighted by atomic mass is 9.99. The van der Waals surface area contributed by atoms with Gasteiger partial charge in [0.15, 0.2) is 0 Å². The maximum atomic E-state index is 13.2. The standard InChI is InChI=1S/C25H22ClNO5S/c1-3-31-16-8-5-7-15(13-16)27-22(20-9-6-12-33-20)21(24(29)25(27)30)23(28)18-14-17(32-4-2)10-11-19(18)26/h5-14,22,28H,3-4H2,1-2H3/b23-21-. The van der Waals surface area contributed by atoms with Gasteiger partial charge in [0.05, 0.1) is 23.8 Å². The van der Waals surface area contributed by atoms with Gasteiger partial charge in [0.25, 0.3) is 11.7 Å². The number of nitrogens with zero attached hydrogens (tertiary/aromatic N) is 1. The van der Waals surface area contributed by atoms with Crippen LogP contribution in [0.5, 0.6) is 11.5 Å². The molecule has 6 nitrogen and oxygen atoms in total. The van der Waals surface area contributed by atoms with Gasteiger partial charge in [0.2, 0.25) is 0 Å². The van der Waals surface area contributed by atoms with Crippen molar-refractivity contribution >= 4 is 46.1 Å². The van der Waals surface area contributed by atoms with Crippen LogP contribution in [0, 0.1) is 0 Å². The molecule has 1 atom stereocenters. The van der Waals surface area contributed by atoms with Crippen LogP contribution in [0.1, 0.15) is 30.3 Å². The number of halogens is 1. The molecule has 2 aromatic carbocycles. The molecular formula is C25H22ClNO5S. The number of rotatable bonds is 7. The van der Waals surface area contributed by atoms with E-state index in [0.717, 1.165) is 4.88 Å². The van der Waals surface area contributed by atoms with Crippen LogP contribution in [0.3, 0.4) is 0 Å². The maximum Gasteiger partial charge on any atom is 0.300 e. The Morgan fingerprint density at radius 2 is 1.76 bits per heavy atom. The summed E-state index contributed by atoms with van der Waals surface area (Å²) in [5.74, 6) is -0.794. The Balaban J connectivity index is 1.90. The lowest BCUT2D eigenvalue weighted by Gasteiger charge is -2.24. The van der Waals surface area contributed by atoms with Gasteiger partial charge in [0, 0.05) is 22.2 Å². The summed E-state index contributed by atoms with van der Waals surface area (Å²) in [5.41, 5.74) is 0.694. The second-order valence-electron chi connectivity index (χ2n) is 7.19. The molecule has 1 aromatic heterocycles. The maximum absolute atomic E-state index is 13.2. The number of benzene rings is 2. The highest BCUT2D eigenvalue weighted by molar-refractivity contribution is 7.10. The number of thiophene rings is 1. The highest BCUT2D eigenvalue weighted by Gasteiger charge is 2.47. The summed E-state index contributed by atoms with van der Waals surface area (Å²) in [4.78, 5) is 28.6. The predicted molar refractivity (Wildman–Crippen MR) is 129 cm³/mol. The summed E-state index contributed by atoms with van der Waals surface area (Å²) < 4.78 is 11.1. The number of anilines is 1. The number of carbonyl (C=O) groups is 2. The minimum absolute atomic E-state index is 0.0280. The quantitative estimate of drug-likeness (QED) is 0.260. The summed E-state index contributed by atoms with van der Waals surface area (Å²) in [6, 6.07) is 14.7. The monoisotopic (exact) mass is 483 g/mol. The molecule has 0 saturated carbocycles. The van der Waals surface area contributed by atoms with E-state index in [2.05, 4.69) is 0 Å². The van der Waals surface area contributed by atoms with Crippen molar-refractivity contribution in [2.75, 3.05) is 18.1 Å². The summed E-state index contributed by atoms with van der Waals surface area (Å²) in [6.07, 6.45) is 0. The van der Waals surface area contributed by atoms with Crippen LogP contribution in [-0.2, 0) is 9.59 Å². The van der Waals surface area contributed by atoms with E-state index in [1.807, 2.05) is 31.4 Å². The van der Waals surface area contributed by atoms with Crippen LogP contribution < -0.4 is 14.4 Å². The Kier molecular flexibility index (Phi) is 6.72. The predicted octanol–water partition coefficient (Wildman–Crippen LogP) is 5.83. The zero-order chi connectivity index (χ0) is 23.5. The fourth-order valence-corrected chi connectivity index (χ4v) is 4.82. The van der Waals surface area contributed by atoms with Gasteiger partial charge >= 0.3 is 0 Å². The molecule has 8 heteroatoms. The number of carbonyl (C=O) groups excluding carboxylic acids is 2. The van der Waals surface area contributed by atoms with Crippen molar-refractivity contribution in [2.24, 2.45) is 0 Å². The van der Waals surface area contributed by atoms with E-state index in [1.165, 1.54) is 16.2 Å². The summed E-state index contributed by atoms with van der Waals surface area (Å²) in [6.45, 7) is 4.60. The van der Waals surface area contributed by atoms with E-state index in [1.54, 1.807) is 42.5 Å². The topological polar surface area (TPSA) is 76.1 Å². The molecule has 1 aliphatic heterocycles. The van der Waals surface area contributed by atoms with E-state index in [4.69, 9.17) is 21.1 Å². The molecule has 0 radical (unpaired) electrons. The number of hydrogen-bond acceptors (Lipinski definition) is 6. The van der Waals surface area contributed by atoms with Crippen LogP contribution >= 0.6 is 22.9 Å². The van der Waals surface area contributed by atoms with Crippen molar-refractivity contribution in [3.63, 3.8) is 0 Å². The fourth-order valence-electron chi connectivity index (χ4n) is 3.79. The van der Waals surface area contributed by atoms with Gasteiger partial charge in [-0.3, -0.25) is 14.5 Å². The molecule has 1 N–H and O–H groups in total. The average Bonchev–Trinajstić information content (AvgIpc) is 3.42. The van der Waals surface area contributed by atoms with Gasteiger partial charge in [0.1, 0.15) is 23.3 Å². The number of Topliss-reactive ketones (excluding diaryl/α,β-unsaturated/α-hetero) is 1. The molecule has 1 aliphatic rings. The molecule has 0 aliphatic carbocycles. The molecule has 170 valence electrons. The molecule has 0 spiro atoms. The molecule has 1 saturated heterocycles. The summed E-state index contributed by atoms with van der Waals surface area (Å²) in [5, 5.41) is 13.4. The first-order chi connectivity index (χ1) is 16.0. The van der Waals surface area contributed by atoms with Crippen LogP contribution in [0.4, 0.5) is 5.69 Å². The Morgan fingerprint density at radius 1 is 1.03 bits per heavy atom. The van der Waals surface area contributed by atoms with Crippen molar-refractivity contribution < 1.29 is 24.2 Å². The number of ether oxygens (including phenoxy) is 2. The van der Waals surface area contributed by atoms with Crippen molar-refractivity contribution in [3.05, 3.63) is 81.0 Å². The number of amides is 1. The summed E-state index contributed by atoms with van der Waals surface area (Å²) >= 11 is 7.75. The average molecular weight is 484 g/mol. The molecule has 1 amide bonds. The van der Waals surface area contributed by atoms with Gasteiger partial charge in [-0.15, -0.1) is 11.3 Å². The SMILES string of the molecule is CCOc1cccc(N2C(=O)C(=O)/C(=C(\O)c3cc(OCC)ccc3Cl)C2c2cccs2)c1. The first-order valence-corrected chi connectivity index (χ1v) is 11.7. The van der Waals surface area contributed by atoms with Gasteiger partial charge in [-0.25, -0.2) is 0 Å². The molecule has 4 rings (SSSR count). The highest BCUT2D eigenvalue weighted by atomic mass is 35.5. The molecule has 0 bridgehead atoms.